The van der Waals surface area contributed by atoms with E-state index < -0.39 is 20.5 Å². The third-order valence-corrected chi connectivity index (χ3v) is 4.91. The van der Waals surface area contributed by atoms with E-state index >= 15 is 0 Å². The highest BCUT2D eigenvalue weighted by atomic mass is 35.5. The van der Waals surface area contributed by atoms with Crippen molar-refractivity contribution in [3.8, 4) is 5.75 Å². The average Bonchev–Trinajstić information content (AvgIpc) is 2.51. The molecule has 1 atom stereocenters. The maximum Gasteiger partial charge on any atom is 0.486 e. The Labute approximate surface area is 148 Å². The second-order valence-electron chi connectivity index (χ2n) is 5.34. The van der Waals surface area contributed by atoms with Crippen molar-refractivity contribution in [3.63, 3.8) is 0 Å². The summed E-state index contributed by atoms with van der Waals surface area (Å²) < 4.78 is 60.0. The van der Waals surface area contributed by atoms with Gasteiger partial charge in [0.1, 0.15) is 5.75 Å². The Morgan fingerprint density at radius 2 is 1.72 bits per heavy atom. The first-order valence-corrected chi connectivity index (χ1v) is 9.10. The lowest BCUT2D eigenvalue weighted by atomic mass is 10.1. The molecule has 2 rings (SSSR count). The van der Waals surface area contributed by atoms with Crippen LogP contribution in [0.5, 0.6) is 5.75 Å². The van der Waals surface area contributed by atoms with Crippen molar-refractivity contribution >= 4 is 25.0 Å². The third kappa shape index (κ3) is 6.27. The first-order valence-electron chi connectivity index (χ1n) is 7.18. The highest BCUT2D eigenvalue weighted by molar-refractivity contribution is 7.55. The first kappa shape index (κ1) is 19.6. The summed E-state index contributed by atoms with van der Waals surface area (Å²) in [5.74, 6) is 0.0613. The first-order chi connectivity index (χ1) is 11.6. The van der Waals surface area contributed by atoms with Gasteiger partial charge in [0, 0.05) is 10.7 Å². The molecular formula is C16H16ClF3NO3P. The predicted octanol–water partition coefficient (Wildman–Crippen LogP) is 6.13. The Balaban J connectivity index is 2.25. The lowest BCUT2D eigenvalue weighted by Crippen LogP contribution is -2.19. The molecule has 0 aliphatic heterocycles. The molecule has 0 aromatic heterocycles. The van der Waals surface area contributed by atoms with Gasteiger partial charge in [-0.25, -0.2) is 4.57 Å². The van der Waals surface area contributed by atoms with Crippen LogP contribution in [0, 0.1) is 13.8 Å². The van der Waals surface area contributed by atoms with Crippen molar-refractivity contribution in [3.05, 3.63) is 58.6 Å². The van der Waals surface area contributed by atoms with Crippen LogP contribution in [0.3, 0.4) is 0 Å². The minimum absolute atomic E-state index is 0.0613. The molecule has 9 heteroatoms. The van der Waals surface area contributed by atoms with Gasteiger partial charge in [0.25, 0.3) is 0 Å². The number of rotatable bonds is 6. The molecule has 2 aromatic rings. The molecule has 0 bridgehead atoms. The van der Waals surface area contributed by atoms with E-state index in [1.54, 1.807) is 18.2 Å². The van der Waals surface area contributed by atoms with E-state index in [-0.39, 0.29) is 5.75 Å². The van der Waals surface area contributed by atoms with Gasteiger partial charge in [-0.05, 0) is 61.4 Å². The van der Waals surface area contributed by atoms with Crippen LogP contribution in [-0.2, 0) is 9.09 Å². The molecule has 1 N–H and O–H groups in total. The van der Waals surface area contributed by atoms with Gasteiger partial charge in [0.15, 0.2) is 6.61 Å². The standard InChI is InChI=1S/C16H16ClF3NO3P/c1-11-3-6-14(9-12(11)2)21-25(22,23-10-16(18,19)20)24-15-7-4-13(17)5-8-15/h3-9H,10H2,1-2H3,(H,21,22)/t25-/m1/s1. The van der Waals surface area contributed by atoms with E-state index in [9.17, 15) is 17.7 Å². The summed E-state index contributed by atoms with van der Waals surface area (Å²) in [5, 5.41) is 2.84. The summed E-state index contributed by atoms with van der Waals surface area (Å²) in [7, 11) is -4.32. The Kier molecular flexibility index (Phi) is 6.03. The molecule has 0 saturated carbocycles. The molecule has 0 spiro atoms. The van der Waals surface area contributed by atoms with Crippen molar-refractivity contribution in [2.75, 3.05) is 11.7 Å². The van der Waals surface area contributed by atoms with E-state index in [1.165, 1.54) is 24.3 Å². The summed E-state index contributed by atoms with van der Waals surface area (Å²) in [6, 6.07) is 10.7. The highest BCUT2D eigenvalue weighted by Gasteiger charge is 2.36. The van der Waals surface area contributed by atoms with Crippen LogP contribution >= 0.6 is 19.3 Å². The smallest absolute Gasteiger partial charge is 0.409 e. The molecular weight excluding hydrogens is 378 g/mol. The summed E-state index contributed by atoms with van der Waals surface area (Å²) in [5.41, 5.74) is 2.18. The molecule has 0 aliphatic rings. The van der Waals surface area contributed by atoms with Crippen molar-refractivity contribution in [1.82, 2.24) is 0 Å². The van der Waals surface area contributed by atoms with Crippen LogP contribution in [-0.4, -0.2) is 12.8 Å². The summed E-state index contributed by atoms with van der Waals surface area (Å²) >= 11 is 5.75. The summed E-state index contributed by atoms with van der Waals surface area (Å²) in [6.07, 6.45) is -4.65. The Bertz CT molecular complexity index is 781. The van der Waals surface area contributed by atoms with Gasteiger partial charge in [-0.1, -0.05) is 17.7 Å². The van der Waals surface area contributed by atoms with Crippen LogP contribution in [0.15, 0.2) is 42.5 Å². The van der Waals surface area contributed by atoms with Crippen LogP contribution in [0.25, 0.3) is 0 Å². The van der Waals surface area contributed by atoms with Gasteiger partial charge in [-0.2, -0.15) is 13.2 Å². The van der Waals surface area contributed by atoms with Gasteiger partial charge >= 0.3 is 13.9 Å². The summed E-state index contributed by atoms with van der Waals surface area (Å²) in [4.78, 5) is 0. The topological polar surface area (TPSA) is 47.6 Å². The SMILES string of the molecule is Cc1ccc(N[P@@](=O)(OCC(F)(F)F)Oc2ccc(Cl)cc2)cc1C. The third-order valence-electron chi connectivity index (χ3n) is 3.21. The fourth-order valence-electron chi connectivity index (χ4n) is 1.84. The molecule has 4 nitrogen and oxygen atoms in total. The minimum Gasteiger partial charge on any atom is -0.409 e. The monoisotopic (exact) mass is 393 g/mol. The molecule has 0 heterocycles. The normalized spacial score (nSPS) is 14.0. The Hall–Kier alpha value is -1.69. The highest BCUT2D eigenvalue weighted by Crippen LogP contribution is 2.49. The Morgan fingerprint density at radius 1 is 1.08 bits per heavy atom. The van der Waals surface area contributed by atoms with Crippen molar-refractivity contribution in [2.24, 2.45) is 0 Å². The largest absolute Gasteiger partial charge is 0.486 e. The molecule has 136 valence electrons. The van der Waals surface area contributed by atoms with Gasteiger partial charge in [-0.15, -0.1) is 0 Å². The van der Waals surface area contributed by atoms with Crippen molar-refractivity contribution < 1.29 is 26.8 Å². The van der Waals surface area contributed by atoms with Gasteiger partial charge < -0.3 is 4.52 Å². The molecule has 0 aliphatic carbocycles. The van der Waals surface area contributed by atoms with Crippen molar-refractivity contribution in [2.45, 2.75) is 20.0 Å². The van der Waals surface area contributed by atoms with Crippen molar-refractivity contribution in [1.29, 1.82) is 0 Å². The predicted molar refractivity (Wildman–Crippen MR) is 91.2 cm³/mol. The Morgan fingerprint density at radius 3 is 2.28 bits per heavy atom. The van der Waals surface area contributed by atoms with Gasteiger partial charge in [-0.3, -0.25) is 9.61 Å². The molecule has 0 amide bonds. The lowest BCUT2D eigenvalue weighted by molar-refractivity contribution is -0.154. The van der Waals surface area contributed by atoms with Crippen LogP contribution in [0.4, 0.5) is 18.9 Å². The number of halogens is 4. The van der Waals surface area contributed by atoms with E-state index in [4.69, 9.17) is 16.1 Å². The van der Waals surface area contributed by atoms with E-state index in [0.29, 0.717) is 10.7 Å². The molecule has 25 heavy (non-hydrogen) atoms. The second-order valence-corrected chi connectivity index (χ2v) is 7.44. The minimum atomic E-state index is -4.65. The fourth-order valence-corrected chi connectivity index (χ4v) is 3.30. The zero-order chi connectivity index (χ0) is 18.7. The number of hydrogen-bond donors (Lipinski definition) is 1. The average molecular weight is 394 g/mol. The number of benzene rings is 2. The number of nitrogens with one attached hydrogen (secondary N) is 1. The van der Waals surface area contributed by atoms with E-state index in [1.807, 2.05) is 13.8 Å². The van der Waals surface area contributed by atoms with Gasteiger partial charge in [0.05, 0.1) is 0 Å². The summed E-state index contributed by atoms with van der Waals surface area (Å²) in [6.45, 7) is 1.99. The fraction of sp³-hybridized carbons (Fsp3) is 0.250. The molecule has 0 saturated heterocycles. The zero-order valence-electron chi connectivity index (χ0n) is 13.4. The zero-order valence-corrected chi connectivity index (χ0v) is 15.1. The molecule has 0 unspecified atom stereocenters. The lowest BCUT2D eigenvalue weighted by Gasteiger charge is -2.21. The van der Waals surface area contributed by atoms with E-state index in [2.05, 4.69) is 9.61 Å². The molecule has 2 aromatic carbocycles. The molecule has 0 fully saturated rings. The quantitative estimate of drug-likeness (QED) is 0.599. The maximum atomic E-state index is 12.8. The van der Waals surface area contributed by atoms with Crippen LogP contribution in [0.1, 0.15) is 11.1 Å². The van der Waals surface area contributed by atoms with Crippen LogP contribution in [0.2, 0.25) is 5.02 Å². The maximum absolute atomic E-state index is 12.8. The number of hydrogen-bond acceptors (Lipinski definition) is 3. The van der Waals surface area contributed by atoms with E-state index in [0.717, 1.165) is 11.1 Å². The number of anilines is 1. The second kappa shape index (κ2) is 7.68. The number of alkyl halides is 3. The molecule has 0 radical (unpaired) electrons. The number of aryl methyl sites for hydroxylation is 2. The van der Waals surface area contributed by atoms with Crippen LogP contribution < -0.4 is 9.61 Å². The van der Waals surface area contributed by atoms with Gasteiger partial charge in [0.2, 0.25) is 0 Å².